The first kappa shape index (κ1) is 29.9. The minimum absolute atomic E-state index is 0.0956. The van der Waals surface area contributed by atoms with Crippen molar-refractivity contribution in [2.75, 3.05) is 13.2 Å². The number of ether oxygens (including phenoxy) is 2. The molecule has 0 aliphatic carbocycles. The lowest BCUT2D eigenvalue weighted by atomic mass is 10.1. The summed E-state index contributed by atoms with van der Waals surface area (Å²) < 4.78 is 10.6. The molecular weight excluding hydrogens is 388 g/mol. The summed E-state index contributed by atoms with van der Waals surface area (Å²) in [5, 5.41) is 0. The van der Waals surface area contributed by atoms with Gasteiger partial charge < -0.3 is 9.47 Å². The van der Waals surface area contributed by atoms with Gasteiger partial charge in [-0.1, -0.05) is 110 Å². The summed E-state index contributed by atoms with van der Waals surface area (Å²) in [6.45, 7) is 5.56. The molecule has 0 aromatic carbocycles. The van der Waals surface area contributed by atoms with E-state index >= 15 is 0 Å². The zero-order valence-corrected chi connectivity index (χ0v) is 20.9. The average Bonchev–Trinajstić information content (AvgIpc) is 2.76. The summed E-state index contributed by atoms with van der Waals surface area (Å²) in [6.07, 6.45) is 23.5. The number of hydrogen-bond donors (Lipinski definition) is 0. The predicted octanol–water partition coefficient (Wildman–Crippen LogP) is 8.30. The fourth-order valence-corrected chi connectivity index (χ4v) is 3.70. The molecule has 0 fully saturated rings. The summed E-state index contributed by atoms with van der Waals surface area (Å²) in [5.74, 6) is -0.198. The first-order chi connectivity index (χ1) is 15.2. The predicted molar refractivity (Wildman–Crippen MR) is 130 cm³/mol. The zero-order valence-electron chi connectivity index (χ0n) is 20.9. The minimum atomic E-state index is -0.102. The Morgan fingerprint density at radius 2 is 0.710 bits per heavy atom. The van der Waals surface area contributed by atoms with E-state index in [1.54, 1.807) is 0 Å². The van der Waals surface area contributed by atoms with Crippen LogP contribution >= 0.6 is 0 Å². The van der Waals surface area contributed by atoms with Crippen LogP contribution in [0.1, 0.15) is 149 Å². The standard InChI is InChI=1S/C27H52O4/c1-3-5-7-9-10-11-12-13-14-16-21-25-31-27(29)23-19-17-18-22-26(28)30-24-20-15-8-6-4-2/h3-25H2,1-2H3. The van der Waals surface area contributed by atoms with Gasteiger partial charge in [-0.3, -0.25) is 9.59 Å². The van der Waals surface area contributed by atoms with Crippen molar-refractivity contribution >= 4 is 11.9 Å². The van der Waals surface area contributed by atoms with Crippen LogP contribution in [0.3, 0.4) is 0 Å². The fraction of sp³-hybridized carbons (Fsp3) is 0.926. The summed E-state index contributed by atoms with van der Waals surface area (Å²) in [6, 6.07) is 0. The highest BCUT2D eigenvalue weighted by Gasteiger charge is 2.05. The molecule has 0 N–H and O–H groups in total. The molecule has 0 aromatic rings. The summed E-state index contributed by atoms with van der Waals surface area (Å²) in [7, 11) is 0. The van der Waals surface area contributed by atoms with Crippen molar-refractivity contribution in [2.45, 2.75) is 149 Å². The van der Waals surface area contributed by atoms with E-state index in [0.717, 1.165) is 44.9 Å². The third kappa shape index (κ3) is 25.1. The van der Waals surface area contributed by atoms with Gasteiger partial charge in [-0.2, -0.15) is 0 Å². The van der Waals surface area contributed by atoms with Crippen molar-refractivity contribution < 1.29 is 19.1 Å². The molecule has 4 nitrogen and oxygen atoms in total. The molecule has 0 radical (unpaired) electrons. The number of carbonyl (C=O) groups is 2. The molecule has 0 unspecified atom stereocenters. The Labute approximate surface area is 193 Å². The molecule has 0 atom stereocenters. The maximum Gasteiger partial charge on any atom is 0.305 e. The second-order valence-electron chi connectivity index (χ2n) is 8.95. The molecule has 0 aliphatic heterocycles. The van der Waals surface area contributed by atoms with Gasteiger partial charge in [-0.05, 0) is 25.7 Å². The van der Waals surface area contributed by atoms with E-state index in [1.165, 1.54) is 77.0 Å². The fourth-order valence-electron chi connectivity index (χ4n) is 3.70. The van der Waals surface area contributed by atoms with E-state index in [2.05, 4.69) is 13.8 Å². The molecule has 0 heterocycles. The van der Waals surface area contributed by atoms with Crippen LogP contribution in [0.4, 0.5) is 0 Å². The Kier molecular flexibility index (Phi) is 24.3. The zero-order chi connectivity index (χ0) is 22.8. The van der Waals surface area contributed by atoms with E-state index in [0.29, 0.717) is 26.1 Å². The molecule has 0 saturated heterocycles. The Bertz CT molecular complexity index is 395. The highest BCUT2D eigenvalue weighted by molar-refractivity contribution is 5.69. The first-order valence-electron chi connectivity index (χ1n) is 13.5. The Morgan fingerprint density at radius 3 is 1.06 bits per heavy atom. The molecule has 0 saturated carbocycles. The van der Waals surface area contributed by atoms with E-state index in [-0.39, 0.29) is 11.9 Å². The van der Waals surface area contributed by atoms with Crippen molar-refractivity contribution in [2.24, 2.45) is 0 Å². The van der Waals surface area contributed by atoms with Crippen molar-refractivity contribution in [3.8, 4) is 0 Å². The maximum atomic E-state index is 11.8. The molecule has 0 aliphatic rings. The van der Waals surface area contributed by atoms with Crippen LogP contribution in [0.25, 0.3) is 0 Å². The SMILES string of the molecule is CCCCCCCCCCCCCOC(=O)CCCCCC(=O)OCCCCCCC. The Balaban J connectivity index is 3.26. The van der Waals surface area contributed by atoms with Gasteiger partial charge in [0.2, 0.25) is 0 Å². The second-order valence-corrected chi connectivity index (χ2v) is 8.95. The van der Waals surface area contributed by atoms with Gasteiger partial charge in [-0.15, -0.1) is 0 Å². The van der Waals surface area contributed by atoms with Crippen LogP contribution < -0.4 is 0 Å². The van der Waals surface area contributed by atoms with Crippen LogP contribution in [-0.2, 0) is 19.1 Å². The molecule has 184 valence electrons. The Hall–Kier alpha value is -1.06. The normalized spacial score (nSPS) is 10.9. The summed E-state index contributed by atoms with van der Waals surface area (Å²) >= 11 is 0. The minimum Gasteiger partial charge on any atom is -0.466 e. The number of hydrogen-bond acceptors (Lipinski definition) is 4. The number of rotatable bonds is 24. The topological polar surface area (TPSA) is 52.6 Å². The molecular formula is C27H52O4. The monoisotopic (exact) mass is 440 g/mol. The molecule has 4 heteroatoms. The highest BCUT2D eigenvalue weighted by atomic mass is 16.5. The van der Waals surface area contributed by atoms with Crippen LogP contribution in [-0.4, -0.2) is 25.2 Å². The molecule has 0 bridgehead atoms. The van der Waals surface area contributed by atoms with Gasteiger partial charge in [-0.25, -0.2) is 0 Å². The molecule has 31 heavy (non-hydrogen) atoms. The number of esters is 2. The lowest BCUT2D eigenvalue weighted by Crippen LogP contribution is -2.07. The smallest absolute Gasteiger partial charge is 0.305 e. The van der Waals surface area contributed by atoms with Crippen molar-refractivity contribution in [1.29, 1.82) is 0 Å². The first-order valence-corrected chi connectivity index (χ1v) is 13.5. The van der Waals surface area contributed by atoms with E-state index in [4.69, 9.17) is 9.47 Å². The maximum absolute atomic E-state index is 11.8. The number of carbonyl (C=O) groups excluding carboxylic acids is 2. The quantitative estimate of drug-likeness (QED) is 0.112. The Morgan fingerprint density at radius 1 is 0.419 bits per heavy atom. The molecule has 0 aromatic heterocycles. The van der Waals surface area contributed by atoms with Gasteiger partial charge >= 0.3 is 11.9 Å². The third-order valence-corrected chi connectivity index (χ3v) is 5.78. The summed E-state index contributed by atoms with van der Waals surface area (Å²) in [5.41, 5.74) is 0. The second kappa shape index (κ2) is 25.2. The molecule has 0 amide bonds. The largest absolute Gasteiger partial charge is 0.466 e. The van der Waals surface area contributed by atoms with Gasteiger partial charge in [0, 0.05) is 12.8 Å². The van der Waals surface area contributed by atoms with Crippen molar-refractivity contribution in [1.82, 2.24) is 0 Å². The van der Waals surface area contributed by atoms with Gasteiger partial charge in [0.1, 0.15) is 0 Å². The van der Waals surface area contributed by atoms with Crippen molar-refractivity contribution in [3.05, 3.63) is 0 Å². The third-order valence-electron chi connectivity index (χ3n) is 5.78. The van der Waals surface area contributed by atoms with Gasteiger partial charge in [0.15, 0.2) is 0 Å². The van der Waals surface area contributed by atoms with Crippen LogP contribution in [0.2, 0.25) is 0 Å². The van der Waals surface area contributed by atoms with E-state index in [1.807, 2.05) is 0 Å². The number of unbranched alkanes of at least 4 members (excludes halogenated alkanes) is 16. The van der Waals surface area contributed by atoms with E-state index in [9.17, 15) is 9.59 Å². The van der Waals surface area contributed by atoms with Gasteiger partial charge in [0.25, 0.3) is 0 Å². The van der Waals surface area contributed by atoms with Crippen LogP contribution in [0, 0.1) is 0 Å². The lowest BCUT2D eigenvalue weighted by molar-refractivity contribution is -0.144. The van der Waals surface area contributed by atoms with Crippen LogP contribution in [0.15, 0.2) is 0 Å². The molecule has 0 spiro atoms. The molecule has 0 rings (SSSR count). The van der Waals surface area contributed by atoms with Gasteiger partial charge in [0.05, 0.1) is 13.2 Å². The average molecular weight is 441 g/mol. The van der Waals surface area contributed by atoms with Crippen molar-refractivity contribution in [3.63, 3.8) is 0 Å². The van der Waals surface area contributed by atoms with E-state index < -0.39 is 0 Å². The lowest BCUT2D eigenvalue weighted by Gasteiger charge is -2.06. The highest BCUT2D eigenvalue weighted by Crippen LogP contribution is 2.12. The summed E-state index contributed by atoms with van der Waals surface area (Å²) in [4.78, 5) is 23.4. The van der Waals surface area contributed by atoms with Crippen LogP contribution in [0.5, 0.6) is 0 Å².